The Balaban J connectivity index is 1.43. The van der Waals surface area contributed by atoms with Gasteiger partial charge in [-0.3, -0.25) is 9.59 Å². The van der Waals surface area contributed by atoms with Crippen molar-refractivity contribution in [3.05, 3.63) is 66.2 Å². The molecule has 0 radical (unpaired) electrons. The van der Waals surface area contributed by atoms with E-state index in [4.69, 9.17) is 0 Å². The van der Waals surface area contributed by atoms with Gasteiger partial charge in [-0.05, 0) is 37.0 Å². The van der Waals surface area contributed by atoms with Gasteiger partial charge in [0.2, 0.25) is 11.8 Å². The molecule has 30 heavy (non-hydrogen) atoms. The maximum Gasteiger partial charge on any atom is 0.227 e. The van der Waals surface area contributed by atoms with E-state index in [2.05, 4.69) is 5.32 Å². The van der Waals surface area contributed by atoms with Crippen LogP contribution in [0.25, 0.3) is 0 Å². The van der Waals surface area contributed by atoms with E-state index in [1.54, 1.807) is 35.2 Å². The molecule has 1 N–H and O–H groups in total. The van der Waals surface area contributed by atoms with Crippen LogP contribution < -0.4 is 5.32 Å². The number of piperidine rings is 1. The van der Waals surface area contributed by atoms with Gasteiger partial charge >= 0.3 is 0 Å². The third-order valence-electron chi connectivity index (χ3n) is 5.33. The van der Waals surface area contributed by atoms with Crippen molar-refractivity contribution in [2.45, 2.75) is 30.6 Å². The van der Waals surface area contributed by atoms with Crippen LogP contribution in [0, 0.1) is 5.92 Å². The maximum absolute atomic E-state index is 12.6. The molecule has 2 aromatic rings. The number of hydrogen-bond donors (Lipinski definition) is 1. The monoisotopic (exact) mass is 428 g/mol. The molecule has 0 saturated carbocycles. The number of rotatable bonds is 8. The van der Waals surface area contributed by atoms with Crippen LogP contribution in [0.4, 0.5) is 0 Å². The number of carbonyl (C=O) groups excluding carboxylic acids is 2. The van der Waals surface area contributed by atoms with Crippen molar-refractivity contribution < 1.29 is 18.0 Å². The second-order valence-electron chi connectivity index (χ2n) is 7.62. The highest BCUT2D eigenvalue weighted by Crippen LogP contribution is 2.18. The van der Waals surface area contributed by atoms with E-state index in [1.165, 1.54) is 0 Å². The molecule has 1 fully saturated rings. The summed E-state index contributed by atoms with van der Waals surface area (Å²) in [5, 5.41) is 2.84. The molecule has 160 valence electrons. The van der Waals surface area contributed by atoms with E-state index in [1.807, 2.05) is 30.3 Å². The highest BCUT2D eigenvalue weighted by atomic mass is 32.2. The average Bonchev–Trinajstić information content (AvgIpc) is 2.78. The van der Waals surface area contributed by atoms with Gasteiger partial charge in [0.15, 0.2) is 9.84 Å². The Morgan fingerprint density at radius 1 is 1.00 bits per heavy atom. The summed E-state index contributed by atoms with van der Waals surface area (Å²) in [6.45, 7) is 1.39. The van der Waals surface area contributed by atoms with Crippen molar-refractivity contribution in [3.8, 4) is 0 Å². The number of nitrogens with zero attached hydrogens (tertiary/aromatic N) is 1. The average molecular weight is 429 g/mol. The minimum absolute atomic E-state index is 0.0103. The van der Waals surface area contributed by atoms with E-state index < -0.39 is 9.84 Å². The molecule has 6 nitrogen and oxygen atoms in total. The fourth-order valence-electron chi connectivity index (χ4n) is 3.66. The van der Waals surface area contributed by atoms with Gasteiger partial charge in [0.05, 0.1) is 23.0 Å². The predicted octanol–water partition coefficient (Wildman–Crippen LogP) is 2.45. The molecule has 0 aromatic heterocycles. The van der Waals surface area contributed by atoms with Crippen molar-refractivity contribution in [2.75, 3.05) is 25.4 Å². The van der Waals surface area contributed by atoms with Crippen LogP contribution in [0.5, 0.6) is 0 Å². The lowest BCUT2D eigenvalue weighted by molar-refractivity contribution is -0.135. The Kier molecular flexibility index (Phi) is 7.63. The van der Waals surface area contributed by atoms with Crippen LogP contribution >= 0.6 is 0 Å². The van der Waals surface area contributed by atoms with Crippen LogP contribution in [-0.4, -0.2) is 50.5 Å². The first-order valence-electron chi connectivity index (χ1n) is 10.3. The smallest absolute Gasteiger partial charge is 0.227 e. The first kappa shape index (κ1) is 22.0. The molecule has 0 aliphatic carbocycles. The Morgan fingerprint density at radius 2 is 1.67 bits per heavy atom. The molecule has 7 heteroatoms. The molecule has 0 bridgehead atoms. The lowest BCUT2D eigenvalue weighted by atomic mass is 9.96. The highest BCUT2D eigenvalue weighted by molar-refractivity contribution is 7.91. The van der Waals surface area contributed by atoms with Gasteiger partial charge in [0.25, 0.3) is 0 Å². The molecule has 0 spiro atoms. The number of carbonyl (C=O) groups is 2. The van der Waals surface area contributed by atoms with Crippen molar-refractivity contribution in [2.24, 2.45) is 5.92 Å². The first-order valence-corrected chi connectivity index (χ1v) is 12.0. The number of sulfone groups is 1. The lowest BCUT2D eigenvalue weighted by Crippen LogP contribution is -2.46. The number of hydrogen-bond acceptors (Lipinski definition) is 4. The molecule has 1 aliphatic rings. The van der Waals surface area contributed by atoms with Gasteiger partial charge < -0.3 is 10.2 Å². The van der Waals surface area contributed by atoms with Gasteiger partial charge in [-0.2, -0.15) is 0 Å². The summed E-state index contributed by atoms with van der Waals surface area (Å²) < 4.78 is 24.6. The zero-order valence-electron chi connectivity index (χ0n) is 17.0. The van der Waals surface area contributed by atoms with Crippen LogP contribution in [0.15, 0.2) is 65.6 Å². The molecule has 3 rings (SSSR count). The maximum atomic E-state index is 12.6. The molecule has 1 atom stereocenters. The molecule has 1 unspecified atom stereocenters. The summed E-state index contributed by atoms with van der Waals surface area (Å²) in [7, 11) is -3.34. The number of benzene rings is 2. The second kappa shape index (κ2) is 10.4. The fourth-order valence-corrected chi connectivity index (χ4v) is 5.00. The summed E-state index contributed by atoms with van der Waals surface area (Å²) >= 11 is 0. The standard InChI is InChI=1S/C23H28N2O4S/c26-22(17-19-9-3-1-4-10-19)25-15-7-11-20(18-25)23(27)24-14-8-16-30(28,29)21-12-5-2-6-13-21/h1-6,9-10,12-13,20H,7-8,11,14-18H2,(H,24,27). The van der Waals surface area contributed by atoms with E-state index in [-0.39, 0.29) is 23.5 Å². The Labute approximate surface area is 178 Å². The molecular weight excluding hydrogens is 400 g/mol. The molecule has 1 heterocycles. The van der Waals surface area contributed by atoms with Gasteiger partial charge in [0.1, 0.15) is 0 Å². The zero-order valence-corrected chi connectivity index (χ0v) is 17.8. The van der Waals surface area contributed by atoms with Gasteiger partial charge in [-0.1, -0.05) is 48.5 Å². The molecule has 2 aromatic carbocycles. The Hall–Kier alpha value is -2.67. The summed E-state index contributed by atoms with van der Waals surface area (Å²) in [5.41, 5.74) is 0.966. The number of amides is 2. The van der Waals surface area contributed by atoms with Gasteiger partial charge in [-0.15, -0.1) is 0 Å². The highest BCUT2D eigenvalue weighted by Gasteiger charge is 2.28. The third-order valence-corrected chi connectivity index (χ3v) is 7.15. The van der Waals surface area contributed by atoms with Crippen LogP contribution in [0.3, 0.4) is 0 Å². The van der Waals surface area contributed by atoms with Gasteiger partial charge in [-0.25, -0.2) is 8.42 Å². The lowest BCUT2D eigenvalue weighted by Gasteiger charge is -2.32. The first-order chi connectivity index (χ1) is 14.5. The van der Waals surface area contributed by atoms with Crippen LogP contribution in [-0.2, 0) is 25.8 Å². The molecular formula is C23H28N2O4S. The summed E-state index contributed by atoms with van der Waals surface area (Å²) in [5.74, 6) is -0.329. The second-order valence-corrected chi connectivity index (χ2v) is 9.73. The van der Waals surface area contributed by atoms with E-state index in [0.717, 1.165) is 18.4 Å². The van der Waals surface area contributed by atoms with Crippen molar-refractivity contribution >= 4 is 21.7 Å². The molecule has 2 amide bonds. The minimum atomic E-state index is -3.34. The van der Waals surface area contributed by atoms with Crippen LogP contribution in [0.2, 0.25) is 0 Å². The minimum Gasteiger partial charge on any atom is -0.356 e. The van der Waals surface area contributed by atoms with Crippen molar-refractivity contribution in [1.29, 1.82) is 0 Å². The van der Waals surface area contributed by atoms with Crippen LogP contribution in [0.1, 0.15) is 24.8 Å². The summed E-state index contributed by atoms with van der Waals surface area (Å²) in [6, 6.07) is 17.9. The number of nitrogens with one attached hydrogen (secondary N) is 1. The Bertz CT molecular complexity index is 946. The van der Waals surface area contributed by atoms with Crippen molar-refractivity contribution in [3.63, 3.8) is 0 Å². The van der Waals surface area contributed by atoms with E-state index in [9.17, 15) is 18.0 Å². The predicted molar refractivity (Wildman–Crippen MR) is 116 cm³/mol. The Morgan fingerprint density at radius 3 is 2.37 bits per heavy atom. The quantitative estimate of drug-likeness (QED) is 0.655. The summed E-state index contributed by atoms with van der Waals surface area (Å²) in [6.07, 6.45) is 2.23. The number of likely N-dealkylation sites (tertiary alicyclic amines) is 1. The van der Waals surface area contributed by atoms with Crippen molar-refractivity contribution in [1.82, 2.24) is 10.2 Å². The van der Waals surface area contributed by atoms with Gasteiger partial charge in [0, 0.05) is 19.6 Å². The zero-order chi connectivity index (χ0) is 21.4. The molecule has 1 saturated heterocycles. The largest absolute Gasteiger partial charge is 0.356 e. The topological polar surface area (TPSA) is 83.6 Å². The van der Waals surface area contributed by atoms with E-state index >= 15 is 0 Å². The third kappa shape index (κ3) is 6.16. The normalized spacial score (nSPS) is 16.8. The van der Waals surface area contributed by atoms with E-state index in [0.29, 0.717) is 37.4 Å². The fraction of sp³-hybridized carbons (Fsp3) is 0.391. The SMILES string of the molecule is O=C(NCCCS(=O)(=O)c1ccccc1)C1CCCN(C(=O)Cc2ccccc2)C1. The summed E-state index contributed by atoms with van der Waals surface area (Å²) in [4.78, 5) is 27.2. The molecule has 1 aliphatic heterocycles.